The molecule has 1 saturated carbocycles. The van der Waals surface area contributed by atoms with Crippen molar-refractivity contribution < 1.29 is 24.2 Å². The molecule has 1 aliphatic carbocycles. The Hall–Kier alpha value is -2.24. The van der Waals surface area contributed by atoms with Crippen LogP contribution in [0.1, 0.15) is 37.7 Å². The van der Waals surface area contributed by atoms with Gasteiger partial charge < -0.3 is 14.6 Å². The van der Waals surface area contributed by atoms with Crippen molar-refractivity contribution in [3.05, 3.63) is 35.9 Å². The fourth-order valence-electron chi connectivity index (χ4n) is 3.81. The number of carboxylic acid groups (broad SMARTS) is 1. The number of fused-ring (bicyclic) bond motifs is 1. The Kier molecular flexibility index (Phi) is 5.23. The van der Waals surface area contributed by atoms with Crippen LogP contribution in [0, 0.1) is 11.8 Å². The van der Waals surface area contributed by atoms with Gasteiger partial charge in [0.1, 0.15) is 6.61 Å². The molecule has 0 spiro atoms. The fraction of sp³-hybridized carbons (Fsp3) is 0.556. The maximum atomic E-state index is 12.5. The van der Waals surface area contributed by atoms with E-state index >= 15 is 0 Å². The van der Waals surface area contributed by atoms with Crippen molar-refractivity contribution >= 4 is 12.2 Å². The average molecular weight is 333 g/mol. The number of carbonyl (C=O) groups excluding carboxylic acids is 1. The standard InChI is InChI=1S/C18H23NO5/c20-17(23-12-13-6-2-1-3-7-13)19-11-15-9-5-4-8-14(15)10-16(19)24-18(21)22/h1-3,6-7,14-16H,4-5,8-12H2,(H,21,22)/t14-,15+,16-/m0/s1. The van der Waals surface area contributed by atoms with Crippen molar-refractivity contribution in [1.29, 1.82) is 0 Å². The molecule has 1 heterocycles. The first-order chi connectivity index (χ1) is 11.6. The fourth-order valence-corrected chi connectivity index (χ4v) is 3.81. The summed E-state index contributed by atoms with van der Waals surface area (Å²) in [5.74, 6) is 0.845. The lowest BCUT2D eigenvalue weighted by atomic mass is 9.74. The number of nitrogens with zero attached hydrogens (tertiary/aromatic N) is 1. The Morgan fingerprint density at radius 1 is 1.12 bits per heavy atom. The minimum absolute atomic E-state index is 0.171. The zero-order valence-electron chi connectivity index (χ0n) is 13.6. The van der Waals surface area contributed by atoms with E-state index < -0.39 is 18.5 Å². The highest BCUT2D eigenvalue weighted by molar-refractivity contribution is 5.68. The van der Waals surface area contributed by atoms with Crippen molar-refractivity contribution in [2.24, 2.45) is 11.8 Å². The molecule has 1 aliphatic heterocycles. The van der Waals surface area contributed by atoms with Crippen LogP contribution in [0.25, 0.3) is 0 Å². The van der Waals surface area contributed by atoms with Gasteiger partial charge in [0.05, 0.1) is 0 Å². The molecule has 130 valence electrons. The molecule has 0 radical (unpaired) electrons. The number of rotatable bonds is 3. The number of hydrogen-bond acceptors (Lipinski definition) is 4. The third kappa shape index (κ3) is 3.99. The van der Waals surface area contributed by atoms with Crippen molar-refractivity contribution in [2.45, 2.75) is 44.9 Å². The molecule has 0 aromatic heterocycles. The maximum absolute atomic E-state index is 12.5. The summed E-state index contributed by atoms with van der Waals surface area (Å²) in [5, 5.41) is 8.97. The van der Waals surface area contributed by atoms with E-state index in [0.29, 0.717) is 24.8 Å². The van der Waals surface area contributed by atoms with Crippen LogP contribution in [0.15, 0.2) is 30.3 Å². The summed E-state index contributed by atoms with van der Waals surface area (Å²) in [5.41, 5.74) is 0.897. The summed E-state index contributed by atoms with van der Waals surface area (Å²) >= 11 is 0. The predicted octanol–water partition coefficient (Wildman–Crippen LogP) is 3.86. The first-order valence-corrected chi connectivity index (χ1v) is 8.50. The van der Waals surface area contributed by atoms with Crippen LogP contribution in [0.5, 0.6) is 0 Å². The third-order valence-electron chi connectivity index (χ3n) is 5.03. The second-order valence-electron chi connectivity index (χ2n) is 6.57. The molecule has 3 atom stereocenters. The van der Waals surface area contributed by atoms with E-state index in [0.717, 1.165) is 18.4 Å². The van der Waals surface area contributed by atoms with Crippen LogP contribution in [0.3, 0.4) is 0 Å². The van der Waals surface area contributed by atoms with Crippen molar-refractivity contribution in [3.63, 3.8) is 0 Å². The summed E-state index contributed by atoms with van der Waals surface area (Å²) in [6.07, 6.45) is 2.45. The largest absolute Gasteiger partial charge is 0.507 e. The zero-order chi connectivity index (χ0) is 16.9. The van der Waals surface area contributed by atoms with Gasteiger partial charge in [0, 0.05) is 13.0 Å². The molecular formula is C18H23NO5. The first kappa shape index (κ1) is 16.6. The summed E-state index contributed by atoms with van der Waals surface area (Å²) in [4.78, 5) is 24.9. The second kappa shape index (κ2) is 7.55. The molecule has 24 heavy (non-hydrogen) atoms. The van der Waals surface area contributed by atoms with Crippen LogP contribution in [-0.2, 0) is 16.1 Å². The topological polar surface area (TPSA) is 76.1 Å². The van der Waals surface area contributed by atoms with Gasteiger partial charge in [0.2, 0.25) is 0 Å². The average Bonchev–Trinajstić information content (AvgIpc) is 2.59. The number of ether oxygens (including phenoxy) is 2. The summed E-state index contributed by atoms with van der Waals surface area (Å²) < 4.78 is 10.3. The quantitative estimate of drug-likeness (QED) is 0.850. The van der Waals surface area contributed by atoms with Gasteiger partial charge in [-0.1, -0.05) is 43.2 Å². The molecule has 0 unspecified atom stereocenters. The van der Waals surface area contributed by atoms with E-state index in [1.54, 1.807) is 0 Å². The normalized spacial score (nSPS) is 26.3. The maximum Gasteiger partial charge on any atom is 0.507 e. The summed E-state index contributed by atoms with van der Waals surface area (Å²) in [7, 11) is 0. The van der Waals surface area contributed by atoms with Gasteiger partial charge in [-0.15, -0.1) is 0 Å². The van der Waals surface area contributed by atoms with E-state index in [-0.39, 0.29) is 6.61 Å². The Morgan fingerprint density at radius 3 is 2.54 bits per heavy atom. The van der Waals surface area contributed by atoms with E-state index in [1.165, 1.54) is 17.7 Å². The summed E-state index contributed by atoms with van der Waals surface area (Å²) in [6.45, 7) is 0.681. The molecule has 6 heteroatoms. The van der Waals surface area contributed by atoms with Crippen LogP contribution < -0.4 is 0 Å². The van der Waals surface area contributed by atoms with Crippen LogP contribution >= 0.6 is 0 Å². The lowest BCUT2D eigenvalue weighted by molar-refractivity contribution is -0.0843. The van der Waals surface area contributed by atoms with Gasteiger partial charge in [-0.25, -0.2) is 9.59 Å². The van der Waals surface area contributed by atoms with E-state index in [2.05, 4.69) is 0 Å². The Bertz CT molecular complexity index is 576. The first-order valence-electron chi connectivity index (χ1n) is 8.50. The number of benzene rings is 1. The molecule has 1 amide bonds. The SMILES string of the molecule is O=C(O)O[C@H]1C[C@@H]2CCCC[C@@H]2CN1C(=O)OCc1ccccc1. The van der Waals surface area contributed by atoms with Crippen LogP contribution in [-0.4, -0.2) is 35.0 Å². The highest BCUT2D eigenvalue weighted by atomic mass is 16.7. The molecule has 6 nitrogen and oxygen atoms in total. The van der Waals surface area contributed by atoms with Gasteiger partial charge in [-0.2, -0.15) is 0 Å². The molecule has 2 fully saturated rings. The highest BCUT2D eigenvalue weighted by Crippen LogP contribution is 2.39. The van der Waals surface area contributed by atoms with Crippen LogP contribution in [0.2, 0.25) is 0 Å². The molecule has 0 bridgehead atoms. The number of likely N-dealkylation sites (tertiary alicyclic amines) is 1. The lowest BCUT2D eigenvalue weighted by Crippen LogP contribution is -2.52. The molecular weight excluding hydrogens is 310 g/mol. The minimum Gasteiger partial charge on any atom is -0.450 e. The number of piperidine rings is 1. The molecule has 1 saturated heterocycles. The zero-order valence-corrected chi connectivity index (χ0v) is 13.6. The lowest BCUT2D eigenvalue weighted by Gasteiger charge is -2.44. The monoisotopic (exact) mass is 333 g/mol. The van der Waals surface area contributed by atoms with Gasteiger partial charge in [0.25, 0.3) is 0 Å². The minimum atomic E-state index is -1.35. The molecule has 1 aromatic rings. The summed E-state index contributed by atoms with van der Waals surface area (Å²) in [6, 6.07) is 9.42. The van der Waals surface area contributed by atoms with Gasteiger partial charge >= 0.3 is 12.2 Å². The van der Waals surface area contributed by atoms with E-state index in [9.17, 15) is 9.59 Å². The van der Waals surface area contributed by atoms with Crippen molar-refractivity contribution in [3.8, 4) is 0 Å². The number of carbonyl (C=O) groups is 2. The Labute approximate surface area is 141 Å². The van der Waals surface area contributed by atoms with E-state index in [4.69, 9.17) is 14.6 Å². The van der Waals surface area contributed by atoms with Gasteiger partial charge in [-0.3, -0.25) is 4.90 Å². The molecule has 1 N–H and O–H groups in total. The van der Waals surface area contributed by atoms with Crippen molar-refractivity contribution in [2.75, 3.05) is 6.54 Å². The molecule has 1 aromatic carbocycles. The Morgan fingerprint density at radius 2 is 1.83 bits per heavy atom. The van der Waals surface area contributed by atoms with Crippen LogP contribution in [0.4, 0.5) is 9.59 Å². The van der Waals surface area contributed by atoms with Crippen molar-refractivity contribution in [1.82, 2.24) is 4.90 Å². The second-order valence-corrected chi connectivity index (χ2v) is 6.57. The number of hydrogen-bond donors (Lipinski definition) is 1. The molecule has 3 rings (SSSR count). The van der Waals surface area contributed by atoms with Gasteiger partial charge in [-0.05, 0) is 30.2 Å². The van der Waals surface area contributed by atoms with Gasteiger partial charge in [0.15, 0.2) is 6.23 Å². The predicted molar refractivity (Wildman–Crippen MR) is 86.3 cm³/mol. The molecule has 2 aliphatic rings. The smallest absolute Gasteiger partial charge is 0.450 e. The third-order valence-corrected chi connectivity index (χ3v) is 5.03. The highest BCUT2D eigenvalue weighted by Gasteiger charge is 2.41. The Balaban J connectivity index is 1.65. The van der Waals surface area contributed by atoms with E-state index in [1.807, 2.05) is 30.3 Å². The number of amides is 1.